The average molecular weight is 429 g/mol. The number of amides is 4. The molecule has 0 unspecified atom stereocenters. The second-order valence-corrected chi connectivity index (χ2v) is 9.54. The van der Waals surface area contributed by atoms with Crippen LogP contribution in [0.3, 0.4) is 0 Å². The maximum absolute atomic E-state index is 14.2. The number of halogens is 2. The zero-order valence-corrected chi connectivity index (χ0v) is 16.8. The molecule has 0 spiro atoms. The quantitative estimate of drug-likeness (QED) is 0.697. The molecule has 0 saturated carbocycles. The molecular formula is C18H21F2N3O5S. The summed E-state index contributed by atoms with van der Waals surface area (Å²) >= 11 is 0. The molecule has 2 aliphatic rings. The first-order valence-corrected chi connectivity index (χ1v) is 10.9. The predicted octanol–water partition coefficient (Wildman–Crippen LogP) is 0.767. The van der Waals surface area contributed by atoms with Crippen molar-refractivity contribution in [2.24, 2.45) is 0 Å². The number of carbonyl (C=O) groups excluding carboxylic acids is 3. The fourth-order valence-electron chi connectivity index (χ4n) is 3.79. The molecule has 158 valence electrons. The normalized spacial score (nSPS) is 25.9. The van der Waals surface area contributed by atoms with Crippen LogP contribution in [0, 0.1) is 11.6 Å². The van der Waals surface area contributed by atoms with E-state index in [9.17, 15) is 31.6 Å². The lowest BCUT2D eigenvalue weighted by Crippen LogP contribution is -2.48. The van der Waals surface area contributed by atoms with E-state index in [0.29, 0.717) is 4.90 Å². The highest BCUT2D eigenvalue weighted by Crippen LogP contribution is 2.31. The molecule has 3 rings (SSSR count). The molecule has 2 fully saturated rings. The van der Waals surface area contributed by atoms with Crippen LogP contribution in [0.2, 0.25) is 0 Å². The minimum atomic E-state index is -3.23. The fraction of sp³-hybridized carbons (Fsp3) is 0.500. The van der Waals surface area contributed by atoms with Gasteiger partial charge in [-0.25, -0.2) is 22.0 Å². The van der Waals surface area contributed by atoms with Crippen LogP contribution in [0.5, 0.6) is 0 Å². The van der Waals surface area contributed by atoms with E-state index in [2.05, 4.69) is 5.32 Å². The lowest BCUT2D eigenvalue weighted by atomic mass is 9.91. The summed E-state index contributed by atoms with van der Waals surface area (Å²) in [5.74, 6) is -3.33. The van der Waals surface area contributed by atoms with Gasteiger partial charge in [0, 0.05) is 18.2 Å². The van der Waals surface area contributed by atoms with Crippen LogP contribution in [0.4, 0.5) is 13.6 Å². The predicted molar refractivity (Wildman–Crippen MR) is 98.4 cm³/mol. The maximum Gasteiger partial charge on any atom is 0.325 e. The van der Waals surface area contributed by atoms with Gasteiger partial charge in [0.1, 0.15) is 23.7 Å². The van der Waals surface area contributed by atoms with Gasteiger partial charge in [-0.1, -0.05) is 0 Å². The Bertz CT molecular complexity index is 984. The third-order valence-electron chi connectivity index (χ3n) is 5.35. The van der Waals surface area contributed by atoms with E-state index in [1.165, 1.54) is 11.8 Å². The van der Waals surface area contributed by atoms with Gasteiger partial charge in [-0.3, -0.25) is 14.5 Å². The standard InChI is InChI=1S/C18H21F2N3O5S/c1-3-22(12-6-7-29(27,28)10-12)15(24)9-23-16(25)18(2,21-17(23)26)13-8-11(19)4-5-14(13)20/h4-5,8,12H,3,6-7,9-10H2,1-2H3,(H,21,26)/t12-,18+/m0/s1. The van der Waals surface area contributed by atoms with E-state index in [-0.39, 0.29) is 30.0 Å². The summed E-state index contributed by atoms with van der Waals surface area (Å²) in [7, 11) is -3.23. The first kappa shape index (κ1) is 21.2. The number of benzene rings is 1. The minimum absolute atomic E-state index is 0.0263. The lowest BCUT2D eigenvalue weighted by molar-refractivity contribution is -0.139. The second kappa shape index (κ2) is 7.36. The van der Waals surface area contributed by atoms with Crippen molar-refractivity contribution in [3.05, 3.63) is 35.4 Å². The smallest absolute Gasteiger partial charge is 0.325 e. The van der Waals surface area contributed by atoms with Crippen molar-refractivity contribution < 1.29 is 31.6 Å². The van der Waals surface area contributed by atoms with Crippen LogP contribution < -0.4 is 5.32 Å². The number of sulfone groups is 1. The molecule has 29 heavy (non-hydrogen) atoms. The third kappa shape index (κ3) is 3.83. The van der Waals surface area contributed by atoms with Crippen LogP contribution in [-0.4, -0.2) is 66.7 Å². The summed E-state index contributed by atoms with van der Waals surface area (Å²) < 4.78 is 51.2. The molecule has 1 aromatic carbocycles. The first-order valence-electron chi connectivity index (χ1n) is 9.08. The minimum Gasteiger partial charge on any atom is -0.337 e. The Hall–Kier alpha value is -2.56. The van der Waals surface area contributed by atoms with E-state index >= 15 is 0 Å². The molecule has 0 aliphatic carbocycles. The number of hydrogen-bond donors (Lipinski definition) is 1. The number of imide groups is 1. The van der Waals surface area contributed by atoms with Crippen LogP contribution >= 0.6 is 0 Å². The summed E-state index contributed by atoms with van der Waals surface area (Å²) in [6, 6.07) is 1.12. The van der Waals surface area contributed by atoms with Crippen LogP contribution in [0.25, 0.3) is 0 Å². The highest BCUT2D eigenvalue weighted by molar-refractivity contribution is 7.91. The van der Waals surface area contributed by atoms with Crippen molar-refractivity contribution in [3.8, 4) is 0 Å². The molecule has 4 amide bonds. The van der Waals surface area contributed by atoms with Crippen molar-refractivity contribution in [2.45, 2.75) is 31.8 Å². The summed E-state index contributed by atoms with van der Waals surface area (Å²) in [4.78, 5) is 39.9. The Kier molecular flexibility index (Phi) is 5.37. The zero-order chi connectivity index (χ0) is 21.6. The highest BCUT2D eigenvalue weighted by Gasteiger charge is 2.51. The zero-order valence-electron chi connectivity index (χ0n) is 15.9. The van der Waals surface area contributed by atoms with Gasteiger partial charge in [-0.15, -0.1) is 0 Å². The topological polar surface area (TPSA) is 104 Å². The molecule has 0 aromatic heterocycles. The molecule has 2 aliphatic heterocycles. The summed E-state index contributed by atoms with van der Waals surface area (Å²) in [6.07, 6.45) is 0.286. The first-order chi connectivity index (χ1) is 13.5. The lowest BCUT2D eigenvalue weighted by Gasteiger charge is -2.28. The molecule has 2 saturated heterocycles. The van der Waals surface area contributed by atoms with Crippen LogP contribution in [0.15, 0.2) is 18.2 Å². The number of likely N-dealkylation sites (N-methyl/N-ethyl adjacent to an activating group) is 1. The second-order valence-electron chi connectivity index (χ2n) is 7.31. The fourth-order valence-corrected chi connectivity index (χ4v) is 5.52. The monoisotopic (exact) mass is 429 g/mol. The molecule has 0 radical (unpaired) electrons. The molecule has 2 atom stereocenters. The summed E-state index contributed by atoms with van der Waals surface area (Å²) in [6.45, 7) is 2.48. The molecule has 2 heterocycles. The maximum atomic E-state index is 14.2. The third-order valence-corrected chi connectivity index (χ3v) is 7.10. The van der Waals surface area contributed by atoms with Gasteiger partial charge in [0.25, 0.3) is 5.91 Å². The van der Waals surface area contributed by atoms with Crippen molar-refractivity contribution in [1.29, 1.82) is 0 Å². The number of nitrogens with zero attached hydrogens (tertiary/aromatic N) is 2. The van der Waals surface area contributed by atoms with E-state index < -0.39 is 57.4 Å². The molecule has 1 N–H and O–H groups in total. The molecule has 11 heteroatoms. The Morgan fingerprint density at radius 3 is 2.62 bits per heavy atom. The van der Waals surface area contributed by atoms with Crippen molar-refractivity contribution in [1.82, 2.24) is 15.1 Å². The Labute approximate surface area is 166 Å². The Balaban J connectivity index is 1.81. The van der Waals surface area contributed by atoms with Crippen molar-refractivity contribution in [2.75, 3.05) is 24.6 Å². The Morgan fingerprint density at radius 1 is 1.34 bits per heavy atom. The van der Waals surface area contributed by atoms with Gasteiger partial charge in [-0.05, 0) is 38.5 Å². The van der Waals surface area contributed by atoms with Crippen LogP contribution in [0.1, 0.15) is 25.8 Å². The van der Waals surface area contributed by atoms with E-state index in [1.807, 2.05) is 0 Å². The molecule has 1 aromatic rings. The largest absolute Gasteiger partial charge is 0.337 e. The number of nitrogens with one attached hydrogen (secondary N) is 1. The van der Waals surface area contributed by atoms with Gasteiger partial charge in [0.05, 0.1) is 11.5 Å². The average Bonchev–Trinajstić information content (AvgIpc) is 3.10. The van der Waals surface area contributed by atoms with E-state index in [0.717, 1.165) is 18.2 Å². The Morgan fingerprint density at radius 2 is 2.03 bits per heavy atom. The van der Waals surface area contributed by atoms with E-state index in [4.69, 9.17) is 0 Å². The van der Waals surface area contributed by atoms with E-state index in [1.54, 1.807) is 6.92 Å². The molecule has 8 nitrogen and oxygen atoms in total. The molecular weight excluding hydrogens is 408 g/mol. The summed E-state index contributed by atoms with van der Waals surface area (Å²) in [5.41, 5.74) is -2.21. The number of rotatable bonds is 5. The SMILES string of the molecule is CCN(C(=O)CN1C(=O)N[C@](C)(c2cc(F)ccc2F)C1=O)[C@H]1CCS(=O)(=O)C1. The summed E-state index contributed by atoms with van der Waals surface area (Å²) in [5, 5.41) is 2.32. The highest BCUT2D eigenvalue weighted by atomic mass is 32.2. The number of urea groups is 1. The number of hydrogen-bond acceptors (Lipinski definition) is 5. The van der Waals surface area contributed by atoms with Gasteiger partial charge in [0.15, 0.2) is 9.84 Å². The van der Waals surface area contributed by atoms with Gasteiger partial charge in [0.2, 0.25) is 5.91 Å². The number of carbonyl (C=O) groups is 3. The molecule has 0 bridgehead atoms. The van der Waals surface area contributed by atoms with Gasteiger partial charge < -0.3 is 10.2 Å². The van der Waals surface area contributed by atoms with Gasteiger partial charge in [-0.2, -0.15) is 0 Å². The van der Waals surface area contributed by atoms with Crippen LogP contribution in [-0.2, 0) is 25.0 Å². The van der Waals surface area contributed by atoms with Crippen molar-refractivity contribution >= 4 is 27.7 Å². The van der Waals surface area contributed by atoms with Crippen molar-refractivity contribution in [3.63, 3.8) is 0 Å². The van der Waals surface area contributed by atoms with Gasteiger partial charge >= 0.3 is 6.03 Å².